The van der Waals surface area contributed by atoms with Crippen LogP contribution in [-0.2, 0) is 0 Å². The Balaban J connectivity index is 1.59. The second-order valence-electron chi connectivity index (χ2n) is 8.74. The van der Waals surface area contributed by atoms with Gasteiger partial charge in [-0.15, -0.1) is 0 Å². The summed E-state index contributed by atoms with van der Waals surface area (Å²) in [5, 5.41) is 16.8. The molecular formula is C32H17N2O2P. The molecule has 0 aliphatic carbocycles. The molecule has 0 aliphatic rings. The second kappa shape index (κ2) is 8.35. The van der Waals surface area contributed by atoms with Crippen molar-refractivity contribution < 1.29 is 8.83 Å². The molecule has 1 atom stereocenters. The fraction of sp³-hybridized carbons (Fsp3) is 0. The minimum Gasteiger partial charge on any atom is -0.466 e. The molecule has 5 aromatic carbocycles. The molecule has 0 amide bonds. The first kappa shape index (κ1) is 21.4. The van der Waals surface area contributed by atoms with Crippen LogP contribution < -0.4 is 15.9 Å². The van der Waals surface area contributed by atoms with Gasteiger partial charge >= 0.3 is 0 Å². The number of furan rings is 2. The summed E-state index contributed by atoms with van der Waals surface area (Å²) in [6, 6.07) is 36.5. The summed E-state index contributed by atoms with van der Waals surface area (Å²) < 4.78 is 12.9. The van der Waals surface area contributed by atoms with Crippen LogP contribution in [0.4, 0.5) is 5.69 Å². The zero-order valence-corrected chi connectivity index (χ0v) is 20.4. The van der Waals surface area contributed by atoms with E-state index in [1.807, 2.05) is 48.5 Å². The minimum atomic E-state index is -1.09. The molecule has 0 saturated carbocycles. The van der Waals surface area contributed by atoms with Gasteiger partial charge in [-0.3, -0.25) is 0 Å². The van der Waals surface area contributed by atoms with E-state index in [9.17, 15) is 5.26 Å². The fourth-order valence-electron chi connectivity index (χ4n) is 5.11. The number of hydrogen-bond acceptors (Lipinski definition) is 3. The first-order valence-electron chi connectivity index (χ1n) is 11.8. The highest BCUT2D eigenvalue weighted by atomic mass is 31.1. The van der Waals surface area contributed by atoms with Crippen LogP contribution in [-0.4, -0.2) is 0 Å². The summed E-state index contributed by atoms with van der Waals surface area (Å²) in [5.41, 5.74) is 3.82. The van der Waals surface area contributed by atoms with E-state index in [1.165, 1.54) is 0 Å². The first-order chi connectivity index (χ1) is 18.3. The van der Waals surface area contributed by atoms with Crippen molar-refractivity contribution in [3.05, 3.63) is 120 Å². The molecule has 0 bridgehead atoms. The van der Waals surface area contributed by atoms with E-state index in [0.717, 1.165) is 48.6 Å². The fourth-order valence-corrected chi connectivity index (χ4v) is 7.60. The number of para-hydroxylation sites is 4. The first-order valence-corrected chi connectivity index (χ1v) is 13.1. The molecule has 0 saturated heterocycles. The van der Waals surface area contributed by atoms with E-state index in [0.29, 0.717) is 22.4 Å². The molecule has 2 aromatic heterocycles. The SMILES string of the molecule is [C-]#[N+]c1cccc2c1oc1c(P(c3ccccc3)c3cccc4c3oc3c(C#N)cccc34)cccc12. The summed E-state index contributed by atoms with van der Waals surface area (Å²) >= 11 is 0. The topological polar surface area (TPSA) is 54.4 Å². The van der Waals surface area contributed by atoms with Crippen LogP contribution in [0.2, 0.25) is 0 Å². The van der Waals surface area contributed by atoms with E-state index in [4.69, 9.17) is 15.4 Å². The van der Waals surface area contributed by atoms with E-state index >= 15 is 0 Å². The van der Waals surface area contributed by atoms with Crippen molar-refractivity contribution in [2.24, 2.45) is 0 Å². The van der Waals surface area contributed by atoms with Gasteiger partial charge in [0.25, 0.3) is 0 Å². The monoisotopic (exact) mass is 492 g/mol. The third kappa shape index (κ3) is 3.18. The maximum absolute atomic E-state index is 9.69. The molecule has 2 heterocycles. The van der Waals surface area contributed by atoms with Crippen LogP contribution in [0.1, 0.15) is 5.56 Å². The van der Waals surface area contributed by atoms with Crippen LogP contribution in [0, 0.1) is 17.9 Å². The molecule has 37 heavy (non-hydrogen) atoms. The lowest BCUT2D eigenvalue weighted by Gasteiger charge is -2.19. The van der Waals surface area contributed by atoms with Crippen molar-refractivity contribution in [1.82, 2.24) is 0 Å². The molecule has 1 unspecified atom stereocenters. The maximum atomic E-state index is 9.69. The molecule has 172 valence electrons. The number of nitriles is 1. The van der Waals surface area contributed by atoms with Crippen molar-refractivity contribution in [2.45, 2.75) is 0 Å². The van der Waals surface area contributed by atoms with Crippen LogP contribution >= 0.6 is 7.92 Å². The largest absolute Gasteiger partial charge is 0.466 e. The quantitative estimate of drug-likeness (QED) is 0.188. The summed E-state index contributed by atoms with van der Waals surface area (Å²) in [6.45, 7) is 7.62. The molecule has 0 spiro atoms. The number of benzene rings is 5. The minimum absolute atomic E-state index is 0.507. The van der Waals surface area contributed by atoms with Crippen LogP contribution in [0.15, 0.2) is 112 Å². The standard InChI is InChI=1S/C32H17N2O2P/c1-34-26-16-6-13-23-25-15-8-18-28(32(25)36-30(23)26)37(21-10-3-2-4-11-21)27-17-7-14-24-22-12-5-9-20(19-33)29(22)35-31(24)27/h2-18H. The van der Waals surface area contributed by atoms with Gasteiger partial charge in [0.05, 0.1) is 12.1 Å². The van der Waals surface area contributed by atoms with Gasteiger partial charge < -0.3 is 8.83 Å². The predicted molar refractivity (Wildman–Crippen MR) is 151 cm³/mol. The molecule has 7 rings (SSSR count). The van der Waals surface area contributed by atoms with Crippen LogP contribution in [0.3, 0.4) is 0 Å². The summed E-state index contributed by atoms with van der Waals surface area (Å²) in [5.74, 6) is 0. The van der Waals surface area contributed by atoms with Gasteiger partial charge in [-0.2, -0.15) is 5.26 Å². The van der Waals surface area contributed by atoms with Gasteiger partial charge in [0.15, 0.2) is 5.58 Å². The number of fused-ring (bicyclic) bond motifs is 6. The van der Waals surface area contributed by atoms with Gasteiger partial charge in [0, 0.05) is 32.2 Å². The summed E-state index contributed by atoms with van der Waals surface area (Å²) in [6.07, 6.45) is 0. The zero-order chi connectivity index (χ0) is 24.9. The van der Waals surface area contributed by atoms with E-state index in [2.05, 4.69) is 53.4 Å². The molecular weight excluding hydrogens is 475 g/mol. The predicted octanol–water partition coefficient (Wildman–Crippen LogP) is 7.67. The molecule has 0 fully saturated rings. The van der Waals surface area contributed by atoms with Crippen molar-refractivity contribution >= 4 is 73.4 Å². The van der Waals surface area contributed by atoms with Crippen LogP contribution in [0.5, 0.6) is 0 Å². The Bertz CT molecular complexity index is 1940. The lowest BCUT2D eigenvalue weighted by Crippen LogP contribution is -2.21. The number of rotatable bonds is 3. The van der Waals surface area contributed by atoms with Crippen molar-refractivity contribution in [1.29, 1.82) is 5.26 Å². The molecule has 4 nitrogen and oxygen atoms in total. The van der Waals surface area contributed by atoms with Gasteiger partial charge in [0.2, 0.25) is 5.69 Å². The normalized spacial score (nSPS) is 12.2. The lowest BCUT2D eigenvalue weighted by atomic mass is 10.1. The van der Waals surface area contributed by atoms with Crippen molar-refractivity contribution in [2.75, 3.05) is 0 Å². The smallest absolute Gasteiger partial charge is 0.229 e. The van der Waals surface area contributed by atoms with Gasteiger partial charge in [-0.1, -0.05) is 97.1 Å². The summed E-state index contributed by atoms with van der Waals surface area (Å²) in [4.78, 5) is 3.69. The Morgan fingerprint density at radius 3 is 1.76 bits per heavy atom. The Morgan fingerprint density at radius 1 is 0.595 bits per heavy atom. The Hall–Kier alpha value is -4.89. The molecule has 7 aromatic rings. The van der Waals surface area contributed by atoms with E-state index in [1.54, 1.807) is 12.1 Å². The Labute approximate surface area is 213 Å². The number of nitrogens with zero attached hydrogens (tertiary/aromatic N) is 2. The maximum Gasteiger partial charge on any atom is 0.229 e. The average molecular weight is 492 g/mol. The molecule has 0 aliphatic heterocycles. The molecule has 0 radical (unpaired) electrons. The van der Waals surface area contributed by atoms with Crippen molar-refractivity contribution in [3.63, 3.8) is 0 Å². The Morgan fingerprint density at radius 2 is 1.14 bits per heavy atom. The highest BCUT2D eigenvalue weighted by molar-refractivity contribution is 7.80. The third-order valence-electron chi connectivity index (χ3n) is 6.72. The average Bonchev–Trinajstić information content (AvgIpc) is 3.53. The molecule has 5 heteroatoms. The van der Waals surface area contributed by atoms with E-state index < -0.39 is 7.92 Å². The van der Waals surface area contributed by atoms with Gasteiger partial charge in [0.1, 0.15) is 22.8 Å². The highest BCUT2D eigenvalue weighted by Crippen LogP contribution is 2.43. The molecule has 0 N–H and O–H groups in total. The zero-order valence-electron chi connectivity index (χ0n) is 19.5. The van der Waals surface area contributed by atoms with Crippen LogP contribution in [0.25, 0.3) is 48.7 Å². The lowest BCUT2D eigenvalue weighted by molar-refractivity contribution is 0.670. The summed E-state index contributed by atoms with van der Waals surface area (Å²) in [7, 11) is -1.09. The van der Waals surface area contributed by atoms with Gasteiger partial charge in [-0.05, 0) is 19.3 Å². The van der Waals surface area contributed by atoms with Gasteiger partial charge in [-0.25, -0.2) is 4.85 Å². The highest BCUT2D eigenvalue weighted by Gasteiger charge is 2.26. The second-order valence-corrected chi connectivity index (χ2v) is 10.9. The van der Waals surface area contributed by atoms with E-state index in [-0.39, 0.29) is 0 Å². The third-order valence-corrected chi connectivity index (χ3v) is 9.21. The Kier molecular flexibility index (Phi) is 4.83. The van der Waals surface area contributed by atoms with Crippen molar-refractivity contribution in [3.8, 4) is 6.07 Å². The number of hydrogen-bond donors (Lipinski definition) is 0.